The smallest absolute Gasteiger partial charge is 0.0571 e. The Morgan fingerprint density at radius 1 is 1.33 bits per heavy atom. The molecule has 3 atom stereocenters. The van der Waals surface area contributed by atoms with Crippen LogP contribution in [0.25, 0.3) is 0 Å². The van der Waals surface area contributed by atoms with E-state index in [-0.39, 0.29) is 6.10 Å². The van der Waals surface area contributed by atoms with E-state index in [1.807, 2.05) is 18.2 Å². The number of aliphatic hydroxyl groups excluding tert-OH is 1. The zero-order valence-corrected chi connectivity index (χ0v) is 12.0. The first-order valence-electron chi connectivity index (χ1n) is 6.98. The average molecular weight is 267 g/mol. The Hall–Kier alpha value is -0.530. The van der Waals surface area contributed by atoms with Crippen LogP contribution in [0.15, 0.2) is 24.3 Å². The molecular weight excluding hydrogens is 244 g/mol. The normalized spacial score (nSPS) is 28.6. The van der Waals surface area contributed by atoms with Gasteiger partial charge in [-0.05, 0) is 61.1 Å². The van der Waals surface area contributed by atoms with Crippen molar-refractivity contribution in [3.63, 3.8) is 0 Å². The van der Waals surface area contributed by atoms with Crippen LogP contribution >= 0.6 is 11.6 Å². The molecule has 0 bridgehead atoms. The Bertz CT molecular complexity index is 388. The molecule has 100 valence electrons. The highest BCUT2D eigenvalue weighted by Crippen LogP contribution is 2.35. The third kappa shape index (κ3) is 3.49. The van der Waals surface area contributed by atoms with Crippen LogP contribution < -0.4 is 0 Å². The molecule has 0 spiro atoms. The Morgan fingerprint density at radius 3 is 2.78 bits per heavy atom. The summed E-state index contributed by atoms with van der Waals surface area (Å²) in [5.74, 6) is 1.88. The topological polar surface area (TPSA) is 20.2 Å². The molecule has 1 aliphatic rings. The summed E-state index contributed by atoms with van der Waals surface area (Å²) in [6, 6.07) is 8.02. The number of halogens is 1. The van der Waals surface area contributed by atoms with Gasteiger partial charge in [0.05, 0.1) is 6.10 Å². The molecule has 3 unspecified atom stereocenters. The maximum atomic E-state index is 10.2. The van der Waals surface area contributed by atoms with Gasteiger partial charge in [-0.15, -0.1) is 0 Å². The van der Waals surface area contributed by atoms with Crippen molar-refractivity contribution in [2.24, 2.45) is 17.8 Å². The summed E-state index contributed by atoms with van der Waals surface area (Å²) in [6.07, 6.45) is 4.08. The van der Waals surface area contributed by atoms with Gasteiger partial charge in [-0.1, -0.05) is 37.6 Å². The number of hydrogen-bond donors (Lipinski definition) is 1. The van der Waals surface area contributed by atoms with Crippen molar-refractivity contribution in [1.82, 2.24) is 0 Å². The van der Waals surface area contributed by atoms with E-state index in [1.165, 1.54) is 12.0 Å². The lowest BCUT2D eigenvalue weighted by Crippen LogP contribution is -2.32. The van der Waals surface area contributed by atoms with Gasteiger partial charge in [0.2, 0.25) is 0 Å². The first kappa shape index (κ1) is 13.9. The fraction of sp³-hybridized carbons (Fsp3) is 0.625. The summed E-state index contributed by atoms with van der Waals surface area (Å²) in [5, 5.41) is 11.0. The van der Waals surface area contributed by atoms with Crippen LogP contribution in [0.1, 0.15) is 38.7 Å². The summed E-state index contributed by atoms with van der Waals surface area (Å²) in [4.78, 5) is 0. The van der Waals surface area contributed by atoms with Gasteiger partial charge in [-0.2, -0.15) is 0 Å². The molecule has 18 heavy (non-hydrogen) atoms. The molecule has 1 nitrogen and oxygen atoms in total. The Morgan fingerprint density at radius 2 is 2.11 bits per heavy atom. The quantitative estimate of drug-likeness (QED) is 0.864. The highest BCUT2D eigenvalue weighted by atomic mass is 35.5. The summed E-state index contributed by atoms with van der Waals surface area (Å²) in [6.45, 7) is 4.58. The van der Waals surface area contributed by atoms with E-state index in [1.54, 1.807) is 0 Å². The van der Waals surface area contributed by atoms with Crippen molar-refractivity contribution in [2.75, 3.05) is 0 Å². The van der Waals surface area contributed by atoms with Crippen molar-refractivity contribution < 1.29 is 5.11 Å². The fourth-order valence-electron chi connectivity index (χ4n) is 3.08. The van der Waals surface area contributed by atoms with Gasteiger partial charge < -0.3 is 5.11 Å². The van der Waals surface area contributed by atoms with Gasteiger partial charge in [-0.3, -0.25) is 0 Å². The largest absolute Gasteiger partial charge is 0.393 e. The predicted octanol–water partition coefficient (Wildman–Crippen LogP) is 4.32. The molecule has 0 saturated heterocycles. The minimum absolute atomic E-state index is 0.140. The van der Waals surface area contributed by atoms with Crippen LogP contribution in [0.4, 0.5) is 0 Å². The van der Waals surface area contributed by atoms with Gasteiger partial charge in [-0.25, -0.2) is 0 Å². The Labute approximate surface area is 115 Å². The van der Waals surface area contributed by atoms with Crippen LogP contribution in [0.5, 0.6) is 0 Å². The molecule has 0 aromatic heterocycles. The number of rotatable bonds is 3. The van der Waals surface area contributed by atoms with E-state index < -0.39 is 0 Å². The number of aliphatic hydroxyl groups is 1. The van der Waals surface area contributed by atoms with Crippen LogP contribution in [0, 0.1) is 17.8 Å². The van der Waals surface area contributed by atoms with Crippen molar-refractivity contribution in [1.29, 1.82) is 0 Å². The van der Waals surface area contributed by atoms with Crippen molar-refractivity contribution in [2.45, 2.75) is 45.6 Å². The summed E-state index contributed by atoms with van der Waals surface area (Å²) in [5.41, 5.74) is 1.25. The van der Waals surface area contributed by atoms with E-state index >= 15 is 0 Å². The SMILES string of the molecule is CC(C)C1CCC(O)C(Cc2cccc(Cl)c2)C1. The highest BCUT2D eigenvalue weighted by Gasteiger charge is 2.30. The van der Waals surface area contributed by atoms with Crippen LogP contribution in [-0.2, 0) is 6.42 Å². The lowest BCUT2D eigenvalue weighted by Gasteiger charge is -2.35. The molecule has 1 fully saturated rings. The predicted molar refractivity (Wildman–Crippen MR) is 76.8 cm³/mol. The molecule has 0 radical (unpaired) electrons. The molecule has 2 heteroatoms. The molecule has 2 rings (SSSR count). The molecule has 1 aromatic rings. The van der Waals surface area contributed by atoms with Crippen LogP contribution in [0.3, 0.4) is 0 Å². The minimum atomic E-state index is -0.140. The Kier molecular flexibility index (Phi) is 4.69. The van der Waals surface area contributed by atoms with E-state index in [4.69, 9.17) is 11.6 Å². The third-order valence-electron chi connectivity index (χ3n) is 4.31. The summed E-state index contributed by atoms with van der Waals surface area (Å²) in [7, 11) is 0. The summed E-state index contributed by atoms with van der Waals surface area (Å²) >= 11 is 6.02. The first-order chi connectivity index (χ1) is 8.56. The van der Waals surface area contributed by atoms with Gasteiger partial charge in [0.25, 0.3) is 0 Å². The minimum Gasteiger partial charge on any atom is -0.393 e. The zero-order chi connectivity index (χ0) is 13.1. The summed E-state index contributed by atoms with van der Waals surface area (Å²) < 4.78 is 0. The van der Waals surface area contributed by atoms with Gasteiger partial charge >= 0.3 is 0 Å². The van der Waals surface area contributed by atoms with E-state index in [2.05, 4.69) is 19.9 Å². The highest BCUT2D eigenvalue weighted by molar-refractivity contribution is 6.30. The van der Waals surface area contributed by atoms with Crippen molar-refractivity contribution in [3.05, 3.63) is 34.9 Å². The molecule has 1 saturated carbocycles. The molecule has 1 aromatic carbocycles. The standard InChI is InChI=1S/C16H23ClO/c1-11(2)13-6-7-16(18)14(10-13)8-12-4-3-5-15(17)9-12/h3-5,9,11,13-14,16,18H,6-8,10H2,1-2H3. The second-order valence-electron chi connectivity index (χ2n) is 5.98. The molecule has 1 N–H and O–H groups in total. The molecule has 0 heterocycles. The monoisotopic (exact) mass is 266 g/mol. The van der Waals surface area contributed by atoms with Gasteiger partial charge in [0.15, 0.2) is 0 Å². The van der Waals surface area contributed by atoms with E-state index in [0.717, 1.165) is 36.1 Å². The molecule has 1 aliphatic carbocycles. The molecule has 0 amide bonds. The first-order valence-corrected chi connectivity index (χ1v) is 7.36. The number of hydrogen-bond acceptors (Lipinski definition) is 1. The van der Waals surface area contributed by atoms with Crippen molar-refractivity contribution in [3.8, 4) is 0 Å². The van der Waals surface area contributed by atoms with Crippen LogP contribution in [-0.4, -0.2) is 11.2 Å². The van der Waals surface area contributed by atoms with Crippen LogP contribution in [0.2, 0.25) is 5.02 Å². The lowest BCUT2D eigenvalue weighted by molar-refractivity contribution is 0.0378. The van der Waals surface area contributed by atoms with Gasteiger partial charge in [0.1, 0.15) is 0 Å². The second kappa shape index (κ2) is 6.08. The number of benzene rings is 1. The third-order valence-corrected chi connectivity index (χ3v) is 4.55. The average Bonchev–Trinajstić information content (AvgIpc) is 2.31. The van der Waals surface area contributed by atoms with E-state index in [0.29, 0.717) is 5.92 Å². The Balaban J connectivity index is 2.02. The van der Waals surface area contributed by atoms with E-state index in [9.17, 15) is 5.11 Å². The van der Waals surface area contributed by atoms with Crippen molar-refractivity contribution >= 4 is 11.6 Å². The zero-order valence-electron chi connectivity index (χ0n) is 11.3. The maximum Gasteiger partial charge on any atom is 0.0571 e. The maximum absolute atomic E-state index is 10.2. The molecule has 0 aliphatic heterocycles. The van der Waals surface area contributed by atoms with Gasteiger partial charge in [0, 0.05) is 5.02 Å². The molecular formula is C16H23ClO. The fourth-order valence-corrected chi connectivity index (χ4v) is 3.29. The second-order valence-corrected chi connectivity index (χ2v) is 6.42. The lowest BCUT2D eigenvalue weighted by atomic mass is 9.73.